The minimum atomic E-state index is -0.0190. The van der Waals surface area contributed by atoms with Gasteiger partial charge in [-0.2, -0.15) is 0 Å². The number of hydrogen-bond donors (Lipinski definition) is 1. The Morgan fingerprint density at radius 1 is 1.16 bits per heavy atom. The van der Waals surface area contributed by atoms with Crippen LogP contribution < -0.4 is 5.32 Å². The zero-order valence-electron chi connectivity index (χ0n) is 15.2. The number of benzene rings is 2. The molecule has 132 valence electrons. The first kappa shape index (κ1) is 17.7. The van der Waals surface area contributed by atoms with Crippen LogP contribution in [-0.4, -0.2) is 23.9 Å². The van der Waals surface area contributed by atoms with Crippen LogP contribution in [0.5, 0.6) is 0 Å². The van der Waals surface area contributed by atoms with Gasteiger partial charge in [0.2, 0.25) is 0 Å². The molecule has 2 atom stereocenters. The molecule has 1 heterocycles. The molecule has 3 rings (SSSR count). The van der Waals surface area contributed by atoms with Gasteiger partial charge in [-0.25, -0.2) is 0 Å². The molecule has 1 amide bonds. The molecule has 1 aliphatic rings. The summed E-state index contributed by atoms with van der Waals surface area (Å²) >= 11 is 0. The lowest BCUT2D eigenvalue weighted by Crippen LogP contribution is -2.33. The van der Waals surface area contributed by atoms with Crippen LogP contribution in [0, 0.1) is 5.92 Å². The van der Waals surface area contributed by atoms with Gasteiger partial charge in [-0.15, -0.1) is 0 Å². The van der Waals surface area contributed by atoms with E-state index < -0.39 is 0 Å². The first-order valence-corrected chi connectivity index (χ1v) is 9.29. The second-order valence-electron chi connectivity index (χ2n) is 7.29. The highest BCUT2D eigenvalue weighted by Crippen LogP contribution is 2.18. The molecule has 1 N–H and O–H groups in total. The van der Waals surface area contributed by atoms with Crippen molar-refractivity contribution in [1.82, 2.24) is 10.2 Å². The molecule has 0 saturated carbocycles. The van der Waals surface area contributed by atoms with Gasteiger partial charge in [-0.1, -0.05) is 49.4 Å². The van der Waals surface area contributed by atoms with Crippen molar-refractivity contribution in [3.8, 4) is 0 Å². The normalized spacial score (nSPS) is 19.4. The van der Waals surface area contributed by atoms with Gasteiger partial charge in [0, 0.05) is 18.7 Å². The zero-order valence-corrected chi connectivity index (χ0v) is 15.2. The van der Waals surface area contributed by atoms with Crippen LogP contribution in [0.15, 0.2) is 54.6 Å². The topological polar surface area (TPSA) is 32.3 Å². The first-order valence-electron chi connectivity index (χ1n) is 9.29. The Morgan fingerprint density at radius 2 is 1.88 bits per heavy atom. The number of carbonyl (C=O) groups is 1. The van der Waals surface area contributed by atoms with Crippen LogP contribution in [0.1, 0.15) is 54.2 Å². The first-order chi connectivity index (χ1) is 12.1. The van der Waals surface area contributed by atoms with Crippen molar-refractivity contribution in [2.75, 3.05) is 13.1 Å². The molecule has 1 fully saturated rings. The van der Waals surface area contributed by atoms with Crippen LogP contribution in [-0.2, 0) is 6.54 Å². The fourth-order valence-electron chi connectivity index (χ4n) is 3.56. The highest BCUT2D eigenvalue weighted by atomic mass is 16.1. The number of nitrogens with zero attached hydrogens (tertiary/aromatic N) is 1. The minimum Gasteiger partial charge on any atom is -0.346 e. The van der Waals surface area contributed by atoms with E-state index in [0.29, 0.717) is 0 Å². The average Bonchev–Trinajstić information content (AvgIpc) is 2.63. The Morgan fingerprint density at radius 3 is 2.56 bits per heavy atom. The van der Waals surface area contributed by atoms with E-state index in [1.807, 2.05) is 49.4 Å². The molecule has 0 spiro atoms. The van der Waals surface area contributed by atoms with E-state index >= 15 is 0 Å². The number of likely N-dealkylation sites (tertiary alicyclic amines) is 1. The molecule has 0 aliphatic carbocycles. The predicted molar refractivity (Wildman–Crippen MR) is 102 cm³/mol. The van der Waals surface area contributed by atoms with E-state index in [1.54, 1.807) is 0 Å². The van der Waals surface area contributed by atoms with Crippen molar-refractivity contribution in [3.63, 3.8) is 0 Å². The summed E-state index contributed by atoms with van der Waals surface area (Å²) in [4.78, 5) is 15.0. The van der Waals surface area contributed by atoms with Crippen molar-refractivity contribution in [1.29, 1.82) is 0 Å². The quantitative estimate of drug-likeness (QED) is 0.877. The Bertz CT molecular complexity index is 681. The van der Waals surface area contributed by atoms with E-state index in [0.717, 1.165) is 23.6 Å². The van der Waals surface area contributed by atoms with Gasteiger partial charge in [0.05, 0.1) is 6.04 Å². The maximum atomic E-state index is 12.5. The van der Waals surface area contributed by atoms with Gasteiger partial charge in [0.1, 0.15) is 0 Å². The van der Waals surface area contributed by atoms with Crippen molar-refractivity contribution in [3.05, 3.63) is 71.3 Å². The van der Waals surface area contributed by atoms with Crippen molar-refractivity contribution in [2.45, 2.75) is 39.3 Å². The summed E-state index contributed by atoms with van der Waals surface area (Å²) in [5.74, 6) is 0.771. The van der Waals surface area contributed by atoms with Gasteiger partial charge >= 0.3 is 0 Å². The Hall–Kier alpha value is -2.13. The molecule has 25 heavy (non-hydrogen) atoms. The molecule has 3 nitrogen and oxygen atoms in total. The van der Waals surface area contributed by atoms with Gasteiger partial charge in [-0.3, -0.25) is 9.69 Å². The Labute approximate surface area is 151 Å². The third-order valence-electron chi connectivity index (χ3n) is 5.01. The van der Waals surface area contributed by atoms with Crippen molar-refractivity contribution < 1.29 is 4.79 Å². The van der Waals surface area contributed by atoms with Gasteiger partial charge in [0.15, 0.2) is 0 Å². The van der Waals surface area contributed by atoms with E-state index in [9.17, 15) is 4.79 Å². The van der Waals surface area contributed by atoms with Gasteiger partial charge in [0.25, 0.3) is 5.91 Å². The molecule has 2 aromatic rings. The third kappa shape index (κ3) is 4.93. The highest BCUT2D eigenvalue weighted by molar-refractivity contribution is 5.94. The van der Waals surface area contributed by atoms with Gasteiger partial charge in [-0.05, 0) is 55.5 Å². The summed E-state index contributed by atoms with van der Waals surface area (Å²) in [5.41, 5.74) is 3.12. The fraction of sp³-hybridized carbons (Fsp3) is 0.409. The summed E-state index contributed by atoms with van der Waals surface area (Å²) in [6.45, 7) is 7.68. The third-order valence-corrected chi connectivity index (χ3v) is 5.01. The average molecular weight is 336 g/mol. The minimum absolute atomic E-state index is 0.00298. The number of hydrogen-bond acceptors (Lipinski definition) is 2. The molecule has 0 bridgehead atoms. The molecular formula is C22H28N2O. The summed E-state index contributed by atoms with van der Waals surface area (Å²) in [5, 5.41) is 3.07. The number of rotatable bonds is 5. The Balaban J connectivity index is 1.57. The standard InChI is InChI=1S/C22H28N2O/c1-17-7-6-14-24(15-17)16-19-10-12-21(13-11-19)22(25)23-18(2)20-8-4-3-5-9-20/h3-5,8-13,17-18H,6-7,14-16H2,1-2H3,(H,23,25)/t17-,18+/m0/s1. The molecule has 0 unspecified atom stereocenters. The summed E-state index contributed by atoms with van der Waals surface area (Å²) < 4.78 is 0. The summed E-state index contributed by atoms with van der Waals surface area (Å²) in [6.07, 6.45) is 2.63. The van der Waals surface area contributed by atoms with Crippen LogP contribution in [0.2, 0.25) is 0 Å². The molecule has 3 heteroatoms. The van der Waals surface area contributed by atoms with Crippen molar-refractivity contribution >= 4 is 5.91 Å². The van der Waals surface area contributed by atoms with Crippen LogP contribution >= 0.6 is 0 Å². The summed E-state index contributed by atoms with van der Waals surface area (Å²) in [6, 6.07) is 18.1. The molecule has 1 aliphatic heterocycles. The van der Waals surface area contributed by atoms with E-state index in [2.05, 4.69) is 29.3 Å². The van der Waals surface area contributed by atoms with E-state index in [-0.39, 0.29) is 11.9 Å². The number of carbonyl (C=O) groups excluding carboxylic acids is 1. The van der Waals surface area contributed by atoms with Crippen LogP contribution in [0.3, 0.4) is 0 Å². The zero-order chi connectivity index (χ0) is 17.6. The SMILES string of the molecule is C[C@H]1CCCN(Cc2ccc(C(=O)N[C@H](C)c3ccccc3)cc2)C1. The largest absolute Gasteiger partial charge is 0.346 e. The van der Waals surface area contributed by atoms with Crippen LogP contribution in [0.25, 0.3) is 0 Å². The molecule has 0 radical (unpaired) electrons. The smallest absolute Gasteiger partial charge is 0.251 e. The van der Waals surface area contributed by atoms with Crippen LogP contribution in [0.4, 0.5) is 0 Å². The maximum Gasteiger partial charge on any atom is 0.251 e. The van der Waals surface area contributed by atoms with Gasteiger partial charge < -0.3 is 5.32 Å². The predicted octanol–water partition coefficient (Wildman–Crippen LogP) is 4.41. The maximum absolute atomic E-state index is 12.5. The Kier molecular flexibility index (Phi) is 5.87. The van der Waals surface area contributed by atoms with Crippen molar-refractivity contribution in [2.24, 2.45) is 5.92 Å². The molecule has 2 aromatic carbocycles. The second-order valence-corrected chi connectivity index (χ2v) is 7.29. The molecular weight excluding hydrogens is 308 g/mol. The fourth-order valence-corrected chi connectivity index (χ4v) is 3.56. The number of nitrogens with one attached hydrogen (secondary N) is 1. The van der Waals surface area contributed by atoms with E-state index in [1.165, 1.54) is 31.5 Å². The lowest BCUT2D eigenvalue weighted by molar-refractivity contribution is 0.0940. The lowest BCUT2D eigenvalue weighted by atomic mass is 9.99. The highest BCUT2D eigenvalue weighted by Gasteiger charge is 2.16. The number of amides is 1. The monoisotopic (exact) mass is 336 g/mol. The molecule has 1 saturated heterocycles. The van der Waals surface area contributed by atoms with E-state index in [4.69, 9.17) is 0 Å². The lowest BCUT2D eigenvalue weighted by Gasteiger charge is -2.30. The second kappa shape index (κ2) is 8.30. The number of piperidine rings is 1. The molecule has 0 aromatic heterocycles. The summed E-state index contributed by atoms with van der Waals surface area (Å²) in [7, 11) is 0.